The molecule has 0 bridgehead atoms. The van der Waals surface area contributed by atoms with Crippen LogP contribution in [-0.2, 0) is 11.8 Å². The Morgan fingerprint density at radius 1 is 1.29 bits per heavy atom. The van der Waals surface area contributed by atoms with Crippen LogP contribution >= 0.6 is 0 Å². The normalized spacial score (nSPS) is 11.7. The minimum absolute atomic E-state index is 0.222. The van der Waals surface area contributed by atoms with E-state index in [-0.39, 0.29) is 5.41 Å². The second-order valence-corrected chi connectivity index (χ2v) is 4.47. The molecule has 1 aromatic rings. The summed E-state index contributed by atoms with van der Waals surface area (Å²) in [6.45, 7) is 7.76. The van der Waals surface area contributed by atoms with E-state index in [2.05, 4.69) is 50.4 Å². The Kier molecular flexibility index (Phi) is 3.70. The third kappa shape index (κ3) is 2.58. The van der Waals surface area contributed by atoms with Crippen molar-refractivity contribution in [3.05, 3.63) is 35.4 Å². The Morgan fingerprint density at radius 2 is 2.00 bits per heavy atom. The Labute approximate surface area is 87.5 Å². The van der Waals surface area contributed by atoms with Gasteiger partial charge in [0.05, 0.1) is 0 Å². The third-order valence-corrected chi connectivity index (χ3v) is 2.74. The number of hydrogen-bond donors (Lipinski definition) is 1. The maximum atomic E-state index is 3.24. The zero-order valence-corrected chi connectivity index (χ0v) is 9.72. The predicted octanol–water partition coefficient (Wildman–Crippen LogP) is 2.75. The molecule has 0 aliphatic rings. The number of nitrogens with one attached hydrogen (secondary N) is 1. The molecule has 0 saturated heterocycles. The first-order valence-corrected chi connectivity index (χ1v) is 5.34. The Balaban J connectivity index is 2.93. The van der Waals surface area contributed by atoms with Crippen LogP contribution in [0.15, 0.2) is 24.3 Å². The summed E-state index contributed by atoms with van der Waals surface area (Å²) in [5, 5.41) is 3.24. The second kappa shape index (κ2) is 4.61. The van der Waals surface area contributed by atoms with Crippen molar-refractivity contribution in [2.75, 3.05) is 13.6 Å². The van der Waals surface area contributed by atoms with Gasteiger partial charge in [-0.1, -0.05) is 45.0 Å². The average molecular weight is 191 g/mol. The molecule has 1 rings (SSSR count). The largest absolute Gasteiger partial charge is 0.319 e. The first kappa shape index (κ1) is 11.3. The summed E-state index contributed by atoms with van der Waals surface area (Å²) in [4.78, 5) is 0. The highest BCUT2D eigenvalue weighted by Gasteiger charge is 2.19. The summed E-state index contributed by atoms with van der Waals surface area (Å²) >= 11 is 0. The molecule has 14 heavy (non-hydrogen) atoms. The first-order chi connectivity index (χ1) is 6.60. The number of likely N-dealkylation sites (N-methyl/N-ethyl adjacent to an activating group) is 1. The van der Waals surface area contributed by atoms with E-state index in [4.69, 9.17) is 0 Å². The summed E-state index contributed by atoms with van der Waals surface area (Å²) in [5.74, 6) is 0. The molecule has 0 amide bonds. The Hall–Kier alpha value is -0.820. The van der Waals surface area contributed by atoms with Crippen molar-refractivity contribution >= 4 is 0 Å². The number of aryl methyl sites for hydroxylation is 1. The molecule has 0 aromatic heterocycles. The molecule has 1 N–H and O–H groups in total. The highest BCUT2D eigenvalue weighted by atomic mass is 14.8. The fourth-order valence-electron chi connectivity index (χ4n) is 1.76. The number of rotatable bonds is 4. The van der Waals surface area contributed by atoms with E-state index in [1.54, 1.807) is 0 Å². The monoisotopic (exact) mass is 191 g/mol. The standard InChI is InChI=1S/C13H21N/c1-5-11-7-6-8-12(9-11)13(2,3)10-14-4/h6-9,14H,5,10H2,1-4H3. The van der Waals surface area contributed by atoms with Gasteiger partial charge in [0.25, 0.3) is 0 Å². The van der Waals surface area contributed by atoms with Gasteiger partial charge in [0.2, 0.25) is 0 Å². The van der Waals surface area contributed by atoms with Gasteiger partial charge in [-0.25, -0.2) is 0 Å². The summed E-state index contributed by atoms with van der Waals surface area (Å²) in [7, 11) is 2.01. The van der Waals surface area contributed by atoms with Crippen LogP contribution in [-0.4, -0.2) is 13.6 Å². The second-order valence-electron chi connectivity index (χ2n) is 4.47. The fraction of sp³-hybridized carbons (Fsp3) is 0.538. The van der Waals surface area contributed by atoms with Crippen molar-refractivity contribution in [2.24, 2.45) is 0 Å². The highest BCUT2D eigenvalue weighted by Crippen LogP contribution is 2.23. The van der Waals surface area contributed by atoms with Gasteiger partial charge in [-0.05, 0) is 24.6 Å². The number of benzene rings is 1. The molecular weight excluding hydrogens is 170 g/mol. The van der Waals surface area contributed by atoms with Crippen LogP contribution in [0.2, 0.25) is 0 Å². The van der Waals surface area contributed by atoms with Crippen molar-refractivity contribution in [3.63, 3.8) is 0 Å². The van der Waals surface area contributed by atoms with Crippen LogP contribution in [0.1, 0.15) is 31.9 Å². The van der Waals surface area contributed by atoms with Crippen molar-refractivity contribution in [1.29, 1.82) is 0 Å². The summed E-state index contributed by atoms with van der Waals surface area (Å²) in [6, 6.07) is 8.89. The van der Waals surface area contributed by atoms with E-state index in [1.165, 1.54) is 11.1 Å². The van der Waals surface area contributed by atoms with Crippen LogP contribution in [0.25, 0.3) is 0 Å². The highest BCUT2D eigenvalue weighted by molar-refractivity contribution is 5.29. The third-order valence-electron chi connectivity index (χ3n) is 2.74. The van der Waals surface area contributed by atoms with Crippen molar-refractivity contribution < 1.29 is 0 Å². The van der Waals surface area contributed by atoms with Crippen LogP contribution in [0.3, 0.4) is 0 Å². The zero-order valence-electron chi connectivity index (χ0n) is 9.72. The van der Waals surface area contributed by atoms with Gasteiger partial charge in [0, 0.05) is 12.0 Å². The maximum absolute atomic E-state index is 3.24. The Bertz CT molecular complexity index is 289. The SMILES string of the molecule is CCc1cccc(C(C)(C)CNC)c1. The zero-order chi connectivity index (χ0) is 10.6. The minimum Gasteiger partial charge on any atom is -0.319 e. The molecule has 1 heteroatoms. The summed E-state index contributed by atoms with van der Waals surface area (Å²) in [5.41, 5.74) is 3.07. The molecule has 0 saturated carbocycles. The lowest BCUT2D eigenvalue weighted by atomic mass is 9.83. The molecule has 0 unspecified atom stereocenters. The van der Waals surface area contributed by atoms with Crippen molar-refractivity contribution in [2.45, 2.75) is 32.6 Å². The van der Waals surface area contributed by atoms with Crippen molar-refractivity contribution in [1.82, 2.24) is 5.32 Å². The molecule has 0 radical (unpaired) electrons. The smallest absolute Gasteiger partial charge is 0.00401 e. The average Bonchev–Trinajstić information content (AvgIpc) is 2.18. The lowest BCUT2D eigenvalue weighted by molar-refractivity contribution is 0.493. The molecule has 0 heterocycles. The minimum atomic E-state index is 0.222. The van der Waals surface area contributed by atoms with Gasteiger partial charge in [0.1, 0.15) is 0 Å². The predicted molar refractivity (Wildman–Crippen MR) is 62.8 cm³/mol. The Morgan fingerprint density at radius 3 is 2.57 bits per heavy atom. The van der Waals surface area contributed by atoms with Crippen LogP contribution in [0, 0.1) is 0 Å². The maximum Gasteiger partial charge on any atom is 0.00401 e. The lowest BCUT2D eigenvalue weighted by Gasteiger charge is -2.25. The van der Waals surface area contributed by atoms with E-state index in [0.29, 0.717) is 0 Å². The molecule has 1 nitrogen and oxygen atoms in total. The van der Waals surface area contributed by atoms with Gasteiger partial charge in [-0.3, -0.25) is 0 Å². The van der Waals surface area contributed by atoms with Gasteiger partial charge in [-0.15, -0.1) is 0 Å². The molecule has 0 fully saturated rings. The lowest BCUT2D eigenvalue weighted by Crippen LogP contribution is -2.30. The van der Waals surface area contributed by atoms with Crippen LogP contribution in [0.4, 0.5) is 0 Å². The summed E-state index contributed by atoms with van der Waals surface area (Å²) < 4.78 is 0. The topological polar surface area (TPSA) is 12.0 Å². The van der Waals surface area contributed by atoms with E-state index in [1.807, 2.05) is 7.05 Å². The molecule has 0 spiro atoms. The summed E-state index contributed by atoms with van der Waals surface area (Å²) in [6.07, 6.45) is 1.11. The van der Waals surface area contributed by atoms with Gasteiger partial charge in [0.15, 0.2) is 0 Å². The molecule has 0 atom stereocenters. The van der Waals surface area contributed by atoms with Gasteiger partial charge < -0.3 is 5.32 Å². The first-order valence-electron chi connectivity index (χ1n) is 5.34. The van der Waals surface area contributed by atoms with E-state index >= 15 is 0 Å². The molecular formula is C13H21N. The molecule has 1 aromatic carbocycles. The van der Waals surface area contributed by atoms with Crippen molar-refractivity contribution in [3.8, 4) is 0 Å². The van der Waals surface area contributed by atoms with Crippen LogP contribution < -0.4 is 5.32 Å². The quantitative estimate of drug-likeness (QED) is 0.771. The molecule has 0 aliphatic carbocycles. The van der Waals surface area contributed by atoms with Crippen LogP contribution in [0.5, 0.6) is 0 Å². The van der Waals surface area contributed by atoms with E-state index in [0.717, 1.165) is 13.0 Å². The van der Waals surface area contributed by atoms with Gasteiger partial charge in [-0.2, -0.15) is 0 Å². The van der Waals surface area contributed by atoms with E-state index < -0.39 is 0 Å². The molecule has 0 aliphatic heterocycles. The molecule has 78 valence electrons. The van der Waals surface area contributed by atoms with E-state index in [9.17, 15) is 0 Å². The fourth-order valence-corrected chi connectivity index (χ4v) is 1.76. The number of hydrogen-bond acceptors (Lipinski definition) is 1. The van der Waals surface area contributed by atoms with Gasteiger partial charge >= 0.3 is 0 Å².